The van der Waals surface area contributed by atoms with Gasteiger partial charge in [0.1, 0.15) is 0 Å². The molecule has 0 aliphatic heterocycles. The summed E-state index contributed by atoms with van der Waals surface area (Å²) in [6.45, 7) is 3.42. The Morgan fingerprint density at radius 1 is 1.28 bits per heavy atom. The second-order valence-corrected chi connectivity index (χ2v) is 6.35. The van der Waals surface area contributed by atoms with Crippen molar-refractivity contribution >= 4 is 15.9 Å². The van der Waals surface area contributed by atoms with Gasteiger partial charge in [0.25, 0.3) is 0 Å². The van der Waals surface area contributed by atoms with Gasteiger partial charge in [0.05, 0.1) is 0 Å². The zero-order chi connectivity index (χ0) is 12.8. The first-order valence-electron chi connectivity index (χ1n) is 7.27. The lowest BCUT2D eigenvalue weighted by atomic mass is 9.80. The smallest absolute Gasteiger partial charge is 0.0177 e. The van der Waals surface area contributed by atoms with Gasteiger partial charge < -0.3 is 5.32 Å². The molecule has 1 aliphatic rings. The zero-order valence-corrected chi connectivity index (χ0v) is 12.9. The fraction of sp³-hybridized carbons (Fsp3) is 0.625. The molecular formula is C16H24BrN. The molecule has 1 saturated carbocycles. The molecule has 1 nitrogen and oxygen atoms in total. The summed E-state index contributed by atoms with van der Waals surface area (Å²) in [5.41, 5.74) is 1.47. The highest BCUT2D eigenvalue weighted by atomic mass is 79.9. The lowest BCUT2D eigenvalue weighted by Crippen LogP contribution is -2.39. The van der Waals surface area contributed by atoms with E-state index in [4.69, 9.17) is 0 Å². The molecule has 0 radical (unpaired) electrons. The monoisotopic (exact) mass is 309 g/mol. The predicted octanol–water partition coefficient (Wildman–Crippen LogP) is 4.55. The van der Waals surface area contributed by atoms with Gasteiger partial charge in [-0.1, -0.05) is 47.8 Å². The molecule has 0 bridgehead atoms. The summed E-state index contributed by atoms with van der Waals surface area (Å²) >= 11 is 3.57. The van der Waals surface area contributed by atoms with Crippen molar-refractivity contribution in [1.82, 2.24) is 5.32 Å². The molecule has 2 rings (SSSR count). The van der Waals surface area contributed by atoms with Crippen LogP contribution in [0.4, 0.5) is 0 Å². The fourth-order valence-electron chi connectivity index (χ4n) is 3.02. The summed E-state index contributed by atoms with van der Waals surface area (Å²) in [5.74, 6) is 0.819. The Morgan fingerprint density at radius 3 is 2.89 bits per heavy atom. The van der Waals surface area contributed by atoms with E-state index in [9.17, 15) is 0 Å². The van der Waals surface area contributed by atoms with E-state index in [1.54, 1.807) is 0 Å². The van der Waals surface area contributed by atoms with Gasteiger partial charge in [0.15, 0.2) is 0 Å². The molecule has 1 aliphatic carbocycles. The molecule has 2 unspecified atom stereocenters. The van der Waals surface area contributed by atoms with Crippen LogP contribution in [0.25, 0.3) is 0 Å². The fourth-order valence-corrected chi connectivity index (χ4v) is 3.46. The zero-order valence-electron chi connectivity index (χ0n) is 11.3. The van der Waals surface area contributed by atoms with Crippen molar-refractivity contribution < 1.29 is 0 Å². The third kappa shape index (κ3) is 4.10. The first-order chi connectivity index (χ1) is 8.79. The van der Waals surface area contributed by atoms with E-state index in [1.165, 1.54) is 55.1 Å². The van der Waals surface area contributed by atoms with Crippen LogP contribution in [-0.4, -0.2) is 12.6 Å². The number of halogens is 1. The van der Waals surface area contributed by atoms with Crippen molar-refractivity contribution in [2.75, 3.05) is 6.54 Å². The first kappa shape index (κ1) is 14.1. The lowest BCUT2D eigenvalue weighted by molar-refractivity contribution is 0.261. The second kappa shape index (κ2) is 7.30. The van der Waals surface area contributed by atoms with E-state index in [0.29, 0.717) is 0 Å². The van der Waals surface area contributed by atoms with Crippen LogP contribution < -0.4 is 5.32 Å². The van der Waals surface area contributed by atoms with Crippen LogP contribution in [0.2, 0.25) is 0 Å². The van der Waals surface area contributed by atoms with E-state index in [1.807, 2.05) is 0 Å². The summed E-state index contributed by atoms with van der Waals surface area (Å²) in [5, 5.41) is 3.74. The van der Waals surface area contributed by atoms with E-state index in [2.05, 4.69) is 52.4 Å². The highest BCUT2D eigenvalue weighted by molar-refractivity contribution is 9.10. The predicted molar refractivity (Wildman–Crippen MR) is 81.9 cm³/mol. The van der Waals surface area contributed by atoms with Gasteiger partial charge in [-0.25, -0.2) is 0 Å². The van der Waals surface area contributed by atoms with Crippen LogP contribution in [0.1, 0.15) is 44.6 Å². The van der Waals surface area contributed by atoms with Gasteiger partial charge in [-0.15, -0.1) is 0 Å². The second-order valence-electron chi connectivity index (χ2n) is 5.44. The van der Waals surface area contributed by atoms with Crippen molar-refractivity contribution in [2.24, 2.45) is 5.92 Å². The molecule has 100 valence electrons. The van der Waals surface area contributed by atoms with Crippen LogP contribution in [0.15, 0.2) is 28.7 Å². The molecular weight excluding hydrogens is 286 g/mol. The molecule has 0 spiro atoms. The molecule has 0 saturated heterocycles. The van der Waals surface area contributed by atoms with E-state index in [-0.39, 0.29) is 0 Å². The van der Waals surface area contributed by atoms with Gasteiger partial charge >= 0.3 is 0 Å². The minimum atomic E-state index is 0.734. The number of nitrogens with one attached hydrogen (secondary N) is 1. The Hall–Kier alpha value is -0.340. The largest absolute Gasteiger partial charge is 0.314 e. The summed E-state index contributed by atoms with van der Waals surface area (Å²) in [7, 11) is 0. The van der Waals surface area contributed by atoms with Crippen LogP contribution >= 0.6 is 15.9 Å². The molecule has 0 heterocycles. The molecule has 1 aromatic rings. The molecule has 1 N–H and O–H groups in total. The Morgan fingerprint density at radius 2 is 2.11 bits per heavy atom. The summed E-state index contributed by atoms with van der Waals surface area (Å²) in [4.78, 5) is 0. The highest BCUT2D eigenvalue weighted by Gasteiger charge is 2.24. The maximum Gasteiger partial charge on any atom is 0.0177 e. The summed E-state index contributed by atoms with van der Waals surface area (Å²) < 4.78 is 1.20. The Balaban J connectivity index is 1.96. The van der Waals surface area contributed by atoms with E-state index in [0.717, 1.165) is 12.0 Å². The molecule has 1 fully saturated rings. The molecule has 2 heteroatoms. The van der Waals surface area contributed by atoms with Crippen LogP contribution in [-0.2, 0) is 6.42 Å². The van der Waals surface area contributed by atoms with Gasteiger partial charge in [-0.2, -0.15) is 0 Å². The van der Waals surface area contributed by atoms with Crippen LogP contribution in [0.5, 0.6) is 0 Å². The Labute approximate surface area is 119 Å². The lowest BCUT2D eigenvalue weighted by Gasteiger charge is -2.32. The van der Waals surface area contributed by atoms with E-state index >= 15 is 0 Å². The molecule has 18 heavy (non-hydrogen) atoms. The average molecular weight is 310 g/mol. The maximum absolute atomic E-state index is 3.74. The van der Waals surface area contributed by atoms with Gasteiger partial charge in [-0.3, -0.25) is 0 Å². The molecule has 0 amide bonds. The van der Waals surface area contributed by atoms with Crippen LogP contribution in [0.3, 0.4) is 0 Å². The van der Waals surface area contributed by atoms with Crippen LogP contribution in [0, 0.1) is 5.92 Å². The summed E-state index contributed by atoms with van der Waals surface area (Å²) in [6.07, 6.45) is 8.01. The maximum atomic E-state index is 3.74. The van der Waals surface area contributed by atoms with Crippen molar-refractivity contribution in [2.45, 2.75) is 51.5 Å². The quantitative estimate of drug-likeness (QED) is 0.841. The number of hydrogen-bond acceptors (Lipinski definition) is 1. The highest BCUT2D eigenvalue weighted by Crippen LogP contribution is 2.28. The number of hydrogen-bond donors (Lipinski definition) is 1. The topological polar surface area (TPSA) is 12.0 Å². The standard InChI is InChI=1S/C16H24BrN/c1-2-10-18-16-9-4-3-7-14(16)11-13-6-5-8-15(17)12-13/h5-6,8,12,14,16,18H,2-4,7,9-11H2,1H3. The van der Waals surface area contributed by atoms with Crippen molar-refractivity contribution in [3.05, 3.63) is 34.3 Å². The van der Waals surface area contributed by atoms with Crippen molar-refractivity contribution in [3.8, 4) is 0 Å². The minimum absolute atomic E-state index is 0.734. The molecule has 2 atom stereocenters. The first-order valence-corrected chi connectivity index (χ1v) is 8.06. The minimum Gasteiger partial charge on any atom is -0.314 e. The number of rotatable bonds is 5. The van der Waals surface area contributed by atoms with Gasteiger partial charge in [-0.05, 0) is 55.8 Å². The normalized spacial score (nSPS) is 24.1. The van der Waals surface area contributed by atoms with E-state index < -0.39 is 0 Å². The average Bonchev–Trinajstić information content (AvgIpc) is 2.38. The Kier molecular flexibility index (Phi) is 5.71. The molecule has 1 aromatic carbocycles. The van der Waals surface area contributed by atoms with Gasteiger partial charge in [0, 0.05) is 10.5 Å². The third-order valence-electron chi connectivity index (χ3n) is 3.95. The Bertz CT molecular complexity index is 364. The van der Waals surface area contributed by atoms with Crippen molar-refractivity contribution in [1.29, 1.82) is 0 Å². The van der Waals surface area contributed by atoms with Crippen molar-refractivity contribution in [3.63, 3.8) is 0 Å². The van der Waals surface area contributed by atoms with Gasteiger partial charge in [0.2, 0.25) is 0 Å². The molecule has 0 aromatic heterocycles. The number of benzene rings is 1. The SMILES string of the molecule is CCCNC1CCCCC1Cc1cccc(Br)c1. The third-order valence-corrected chi connectivity index (χ3v) is 4.45. The summed E-state index contributed by atoms with van der Waals surface area (Å²) in [6, 6.07) is 9.52.